The molecule has 2 aliphatic rings. The molecule has 36 heavy (non-hydrogen) atoms. The molecule has 1 saturated heterocycles. The Morgan fingerprint density at radius 1 is 1.22 bits per heavy atom. The van der Waals surface area contributed by atoms with Gasteiger partial charge in [-0.25, -0.2) is 0 Å². The number of aryl methyl sites for hydroxylation is 1. The highest BCUT2D eigenvalue weighted by Gasteiger charge is 2.50. The van der Waals surface area contributed by atoms with Crippen molar-refractivity contribution in [2.75, 3.05) is 33.3 Å². The Labute approximate surface area is 214 Å². The van der Waals surface area contributed by atoms with E-state index in [4.69, 9.17) is 4.74 Å². The van der Waals surface area contributed by atoms with Gasteiger partial charge < -0.3 is 19.7 Å². The lowest BCUT2D eigenvalue weighted by Gasteiger charge is -2.59. The van der Waals surface area contributed by atoms with Crippen molar-refractivity contribution in [2.24, 2.45) is 11.3 Å². The van der Waals surface area contributed by atoms with Crippen LogP contribution in [0.1, 0.15) is 74.2 Å². The molecule has 1 aliphatic carbocycles. The van der Waals surface area contributed by atoms with Gasteiger partial charge in [0.2, 0.25) is 12.3 Å². The first-order chi connectivity index (χ1) is 17.4. The van der Waals surface area contributed by atoms with Gasteiger partial charge in [-0.2, -0.15) is 0 Å². The van der Waals surface area contributed by atoms with Crippen LogP contribution in [0.25, 0.3) is 0 Å². The van der Waals surface area contributed by atoms with E-state index >= 15 is 0 Å². The van der Waals surface area contributed by atoms with Crippen LogP contribution in [0.2, 0.25) is 0 Å². The van der Waals surface area contributed by atoms with Crippen LogP contribution < -0.4 is 10.1 Å². The number of amides is 3. The Morgan fingerprint density at radius 2 is 1.97 bits per heavy atom. The van der Waals surface area contributed by atoms with Crippen LogP contribution in [0.5, 0.6) is 5.75 Å². The number of nitrogens with zero attached hydrogens (tertiary/aromatic N) is 2. The average Bonchev–Trinajstić information content (AvgIpc) is 2.83. The number of carbonyl (C=O) groups excluding carboxylic acids is 4. The lowest BCUT2D eigenvalue weighted by molar-refractivity contribution is -0.131. The number of rotatable bonds is 15. The zero-order valence-corrected chi connectivity index (χ0v) is 22.0. The Kier molecular flexibility index (Phi) is 10.0. The predicted octanol–water partition coefficient (Wildman–Crippen LogP) is 3.36. The van der Waals surface area contributed by atoms with E-state index in [9.17, 15) is 19.2 Å². The summed E-state index contributed by atoms with van der Waals surface area (Å²) in [5, 5.41) is 2.45. The third-order valence-corrected chi connectivity index (χ3v) is 7.75. The molecule has 3 rings (SSSR count). The van der Waals surface area contributed by atoms with Crippen molar-refractivity contribution in [1.82, 2.24) is 15.1 Å². The highest BCUT2D eigenvalue weighted by atomic mass is 16.5. The topological polar surface area (TPSA) is 96.0 Å². The number of carbonyl (C=O) groups is 4. The molecule has 8 heteroatoms. The molecule has 3 amide bonds. The van der Waals surface area contributed by atoms with Gasteiger partial charge in [0.05, 0.1) is 6.61 Å². The fourth-order valence-corrected chi connectivity index (χ4v) is 5.73. The van der Waals surface area contributed by atoms with Crippen molar-refractivity contribution >= 4 is 24.5 Å². The van der Waals surface area contributed by atoms with Crippen LogP contribution in [-0.2, 0) is 14.4 Å². The van der Waals surface area contributed by atoms with E-state index in [0.717, 1.165) is 23.7 Å². The van der Waals surface area contributed by atoms with Gasteiger partial charge in [0.1, 0.15) is 18.1 Å². The van der Waals surface area contributed by atoms with Gasteiger partial charge in [0.15, 0.2) is 0 Å². The largest absolute Gasteiger partial charge is 0.494 e. The second kappa shape index (κ2) is 13.0. The lowest BCUT2D eigenvalue weighted by Crippen LogP contribution is -2.62. The summed E-state index contributed by atoms with van der Waals surface area (Å²) in [6.07, 6.45) is 8.62. The van der Waals surface area contributed by atoms with Gasteiger partial charge >= 0.3 is 0 Å². The minimum absolute atomic E-state index is 0.0691. The van der Waals surface area contributed by atoms with Crippen molar-refractivity contribution in [3.63, 3.8) is 0 Å². The molecule has 198 valence electrons. The summed E-state index contributed by atoms with van der Waals surface area (Å²) in [6, 6.07) is 4.07. The van der Waals surface area contributed by atoms with Crippen LogP contribution in [0.15, 0.2) is 18.2 Å². The second-order valence-corrected chi connectivity index (χ2v) is 10.5. The SMILES string of the molecule is CCC1CC2(C1)CN(CCCCCOc1ccc(C(=O)N(C=O)C(CCC=O)C(=O)NC)c(C)c1)C2. The van der Waals surface area contributed by atoms with E-state index in [1.54, 1.807) is 25.1 Å². The standard InChI is InChI=1S/C28H41N3O5/c1-4-22-16-28(17-22)18-30(19-28)12-6-5-7-14-36-23-10-11-24(21(2)15-23)27(35)31(20-33)25(9-8-13-32)26(34)29-3/h10-11,13,15,20,22,25H,4-9,12,14,16-19H2,1-3H3,(H,29,34). The molecule has 1 spiro atoms. The molecular weight excluding hydrogens is 458 g/mol. The Bertz CT molecular complexity index is 920. The van der Waals surface area contributed by atoms with Crippen LogP contribution in [0.4, 0.5) is 0 Å². The molecule has 1 aliphatic heterocycles. The zero-order chi connectivity index (χ0) is 26.1. The number of imide groups is 1. The lowest BCUT2D eigenvalue weighted by atomic mass is 9.57. The van der Waals surface area contributed by atoms with Crippen LogP contribution in [0, 0.1) is 18.3 Å². The van der Waals surface area contributed by atoms with E-state index in [2.05, 4.69) is 17.1 Å². The number of likely N-dealkylation sites (N-methyl/N-ethyl adjacent to an activating group) is 1. The summed E-state index contributed by atoms with van der Waals surface area (Å²) in [5.41, 5.74) is 1.64. The number of aldehydes is 1. The molecule has 0 radical (unpaired) electrons. The van der Waals surface area contributed by atoms with Gasteiger partial charge in [0, 0.05) is 32.1 Å². The number of hydrogen-bond acceptors (Lipinski definition) is 6. The number of ether oxygens (including phenoxy) is 1. The summed E-state index contributed by atoms with van der Waals surface area (Å²) in [7, 11) is 1.43. The highest BCUT2D eigenvalue weighted by Crippen LogP contribution is 2.52. The van der Waals surface area contributed by atoms with Gasteiger partial charge in [-0.1, -0.05) is 13.3 Å². The molecule has 2 fully saturated rings. The second-order valence-electron chi connectivity index (χ2n) is 10.5. The monoisotopic (exact) mass is 499 g/mol. The fourth-order valence-electron chi connectivity index (χ4n) is 5.73. The summed E-state index contributed by atoms with van der Waals surface area (Å²) in [5.74, 6) is 0.577. The Hall–Kier alpha value is -2.74. The normalized spacial score (nSPS) is 17.5. The van der Waals surface area contributed by atoms with E-state index in [0.29, 0.717) is 41.6 Å². The summed E-state index contributed by atoms with van der Waals surface area (Å²) in [4.78, 5) is 51.2. The van der Waals surface area contributed by atoms with E-state index < -0.39 is 17.9 Å². The third kappa shape index (κ3) is 6.72. The molecule has 0 bridgehead atoms. The van der Waals surface area contributed by atoms with Gasteiger partial charge in [-0.3, -0.25) is 19.3 Å². The molecular formula is C28H41N3O5. The quantitative estimate of drug-likeness (QED) is 0.294. The van der Waals surface area contributed by atoms with Crippen molar-refractivity contribution in [2.45, 2.75) is 71.3 Å². The van der Waals surface area contributed by atoms with E-state index in [-0.39, 0.29) is 12.8 Å². The molecule has 1 atom stereocenters. The molecule has 1 N–H and O–H groups in total. The molecule has 1 saturated carbocycles. The molecule has 1 aromatic rings. The first-order valence-corrected chi connectivity index (χ1v) is 13.3. The first-order valence-electron chi connectivity index (χ1n) is 13.3. The summed E-state index contributed by atoms with van der Waals surface area (Å²) >= 11 is 0. The van der Waals surface area contributed by atoms with E-state index in [1.165, 1.54) is 52.4 Å². The van der Waals surface area contributed by atoms with Crippen LogP contribution >= 0.6 is 0 Å². The first kappa shape index (κ1) is 27.8. The number of hydrogen-bond donors (Lipinski definition) is 1. The Morgan fingerprint density at radius 3 is 2.58 bits per heavy atom. The van der Waals surface area contributed by atoms with Crippen LogP contribution in [0.3, 0.4) is 0 Å². The van der Waals surface area contributed by atoms with Crippen molar-refractivity contribution < 1.29 is 23.9 Å². The smallest absolute Gasteiger partial charge is 0.261 e. The van der Waals surface area contributed by atoms with Crippen molar-refractivity contribution in [3.05, 3.63) is 29.3 Å². The van der Waals surface area contributed by atoms with Gasteiger partial charge in [-0.15, -0.1) is 0 Å². The van der Waals surface area contributed by atoms with Gasteiger partial charge in [0.25, 0.3) is 5.91 Å². The zero-order valence-electron chi connectivity index (χ0n) is 22.0. The summed E-state index contributed by atoms with van der Waals surface area (Å²) < 4.78 is 5.88. The molecule has 0 aromatic heterocycles. The maximum atomic E-state index is 13.0. The van der Waals surface area contributed by atoms with Crippen molar-refractivity contribution in [3.8, 4) is 5.75 Å². The predicted molar refractivity (Wildman–Crippen MR) is 138 cm³/mol. The number of likely N-dealkylation sites (tertiary alicyclic amines) is 1. The maximum Gasteiger partial charge on any atom is 0.261 e. The Balaban J connectivity index is 1.41. The minimum Gasteiger partial charge on any atom is -0.494 e. The fraction of sp³-hybridized carbons (Fsp3) is 0.643. The highest BCUT2D eigenvalue weighted by molar-refractivity contribution is 6.04. The maximum absolute atomic E-state index is 13.0. The number of benzene rings is 1. The number of unbranched alkanes of at least 4 members (excludes halogenated alkanes) is 2. The molecule has 1 aromatic carbocycles. The average molecular weight is 500 g/mol. The molecule has 1 heterocycles. The minimum atomic E-state index is -1.04. The molecule has 8 nitrogen and oxygen atoms in total. The summed E-state index contributed by atoms with van der Waals surface area (Å²) in [6.45, 7) is 8.43. The number of nitrogens with one attached hydrogen (secondary N) is 1. The third-order valence-electron chi connectivity index (χ3n) is 7.75. The van der Waals surface area contributed by atoms with Gasteiger partial charge in [-0.05, 0) is 87.1 Å². The van der Waals surface area contributed by atoms with E-state index in [1.807, 2.05) is 0 Å². The van der Waals surface area contributed by atoms with Crippen LogP contribution in [-0.4, -0.2) is 73.6 Å². The van der Waals surface area contributed by atoms with Crippen molar-refractivity contribution in [1.29, 1.82) is 0 Å². The molecule has 1 unspecified atom stereocenters.